The molecule has 0 N–H and O–H groups in total. The molecule has 0 aromatic heterocycles. The SMILES string of the molecule is CCO[Si](CCCSSSSCCC1CC(CC[Si](OCC)(OCC)OCC)CCC1CCSSSCCC1CCC(CC[Si](OCC)(OCC)OCC)CC1CCSSSSCCC[Si](OCC)(OCC)OCC)(OCC)OCC. The van der Waals surface area contributed by atoms with E-state index in [0.717, 1.165) is 85.0 Å². The van der Waals surface area contributed by atoms with Crippen LogP contribution in [0.3, 0.4) is 0 Å². The molecule has 0 bridgehead atoms. The lowest BCUT2D eigenvalue weighted by Gasteiger charge is -2.38. The molecule has 2 rings (SSSR count). The Labute approximate surface area is 543 Å². The van der Waals surface area contributed by atoms with E-state index in [4.69, 9.17) is 53.1 Å². The average Bonchev–Trinajstić information content (AvgIpc) is 3.45. The second kappa shape index (κ2) is 52.7. The van der Waals surface area contributed by atoms with Crippen LogP contribution in [0, 0.1) is 35.5 Å². The maximum absolute atomic E-state index is 6.30. The molecule has 484 valence electrons. The van der Waals surface area contributed by atoms with Crippen LogP contribution in [-0.2, 0) is 53.1 Å². The van der Waals surface area contributed by atoms with Crippen LogP contribution in [-0.4, -0.2) is 149 Å². The Bertz CT molecular complexity index is 1280. The first-order chi connectivity index (χ1) is 39.5. The minimum atomic E-state index is -2.65. The van der Waals surface area contributed by atoms with Crippen LogP contribution in [0.1, 0.15) is 173 Å². The Morgan fingerprint density at radius 1 is 0.259 bits per heavy atom. The number of rotatable bonds is 58. The molecule has 2 fully saturated rings. The topological polar surface area (TPSA) is 111 Å². The van der Waals surface area contributed by atoms with Crippen LogP contribution >= 0.6 is 114 Å². The van der Waals surface area contributed by atoms with Gasteiger partial charge in [0, 0.05) is 138 Å². The van der Waals surface area contributed by atoms with E-state index in [1.165, 1.54) is 87.2 Å². The summed E-state index contributed by atoms with van der Waals surface area (Å²) >= 11 is 0. The van der Waals surface area contributed by atoms with Gasteiger partial charge in [0.15, 0.2) is 0 Å². The summed E-state index contributed by atoms with van der Waals surface area (Å²) in [6, 6.07) is 3.62. The second-order valence-corrected chi connectivity index (χ2v) is 47.9. The van der Waals surface area contributed by atoms with Crippen molar-refractivity contribution in [3.63, 3.8) is 0 Å². The van der Waals surface area contributed by atoms with Crippen molar-refractivity contribution >= 4 is 149 Å². The van der Waals surface area contributed by atoms with E-state index in [0.29, 0.717) is 91.1 Å². The highest BCUT2D eigenvalue weighted by atomic mass is 33.7. The molecule has 2 aliphatic carbocycles. The molecule has 0 amide bonds. The van der Waals surface area contributed by atoms with Gasteiger partial charge in [0.2, 0.25) is 0 Å². The van der Waals surface area contributed by atoms with E-state index in [1.54, 1.807) is 0 Å². The zero-order valence-corrected chi connectivity index (χ0v) is 65.3. The van der Waals surface area contributed by atoms with Gasteiger partial charge in [-0.2, -0.15) is 0 Å². The first kappa shape index (κ1) is 81.3. The molecule has 0 saturated heterocycles. The van der Waals surface area contributed by atoms with E-state index in [1.807, 2.05) is 124 Å². The van der Waals surface area contributed by atoms with Crippen molar-refractivity contribution in [1.82, 2.24) is 0 Å². The summed E-state index contributed by atoms with van der Waals surface area (Å²) in [7, 11) is 11.6. The monoisotopic (exact) mass is 1420 g/mol. The highest BCUT2D eigenvalue weighted by Gasteiger charge is 2.44. The number of hydrogen-bond donors (Lipinski definition) is 0. The van der Waals surface area contributed by atoms with Crippen LogP contribution in [0.4, 0.5) is 0 Å². The van der Waals surface area contributed by atoms with Crippen LogP contribution < -0.4 is 0 Å². The first-order valence-electron chi connectivity index (χ1n) is 31.3. The third-order valence-electron chi connectivity index (χ3n) is 14.6. The largest absolute Gasteiger partial charge is 0.500 e. The Balaban J connectivity index is 1.95. The van der Waals surface area contributed by atoms with Crippen molar-refractivity contribution in [3.8, 4) is 0 Å². The van der Waals surface area contributed by atoms with Gasteiger partial charge in [-0.3, -0.25) is 0 Å². The minimum Gasteiger partial charge on any atom is -0.374 e. The lowest BCUT2D eigenvalue weighted by molar-refractivity contribution is 0.0666. The van der Waals surface area contributed by atoms with Crippen molar-refractivity contribution < 1.29 is 53.1 Å². The molecule has 0 aromatic carbocycles. The molecule has 0 radical (unpaired) electrons. The molecule has 0 heterocycles. The summed E-state index contributed by atoms with van der Waals surface area (Å²) in [6.45, 7) is 32.3. The Kier molecular flexibility index (Phi) is 52.9. The van der Waals surface area contributed by atoms with Gasteiger partial charge in [0.1, 0.15) is 0 Å². The summed E-state index contributed by atoms with van der Waals surface area (Å²) in [4.78, 5) is 0. The molecule has 0 aliphatic heterocycles. The number of hydrogen-bond acceptors (Lipinski definition) is 23. The van der Waals surface area contributed by atoms with E-state index in [2.05, 4.69) is 73.0 Å². The van der Waals surface area contributed by atoms with Crippen molar-refractivity contribution in [3.05, 3.63) is 0 Å². The molecule has 0 aromatic rings. The molecular weight excluding hydrogens is 1310 g/mol. The van der Waals surface area contributed by atoms with E-state index in [9.17, 15) is 0 Å². The van der Waals surface area contributed by atoms with E-state index < -0.39 is 35.2 Å². The van der Waals surface area contributed by atoms with Crippen LogP contribution in [0.15, 0.2) is 0 Å². The maximum Gasteiger partial charge on any atom is 0.500 e. The summed E-state index contributed by atoms with van der Waals surface area (Å²) < 4.78 is 74.3. The Morgan fingerprint density at radius 3 is 0.765 bits per heavy atom. The predicted molar refractivity (Wildman–Crippen MR) is 380 cm³/mol. The predicted octanol–water partition coefficient (Wildman–Crippen LogP) is 19.8. The fourth-order valence-corrected chi connectivity index (χ4v) is 39.1. The molecule has 6 atom stereocenters. The standard InChI is InChI=1S/C54H114O12S11Si4/c1-13-55-78(56-14-2,57-15-3)43-25-37-67-74-76-71-41-33-53-47-49(35-45-80(61-19-7,62-20-8)63-21-9)27-29-51(53)31-39-69-73-70-40-32-52-30-28-50(36-46-81(64-22-10,65-23-11)66-24-12)48-54(52)34-42-72-77-75-68-38-26-44-79(58-16-4,59-17-5)60-18-6/h49-54H,13-48H2,1-12H3. The minimum absolute atomic E-state index is 0.635. The van der Waals surface area contributed by atoms with E-state index >= 15 is 0 Å². The summed E-state index contributed by atoms with van der Waals surface area (Å²) in [6.07, 6.45) is 17.5. The first-order valence-corrected chi connectivity index (χ1v) is 53.1. The van der Waals surface area contributed by atoms with Crippen molar-refractivity contribution in [2.24, 2.45) is 35.5 Å². The Morgan fingerprint density at radius 2 is 0.494 bits per heavy atom. The van der Waals surface area contributed by atoms with E-state index in [-0.39, 0.29) is 0 Å². The highest BCUT2D eigenvalue weighted by Crippen LogP contribution is 2.49. The van der Waals surface area contributed by atoms with Gasteiger partial charge < -0.3 is 53.1 Å². The smallest absolute Gasteiger partial charge is 0.374 e. The summed E-state index contributed by atoms with van der Waals surface area (Å²) in [5, 5.41) is 0. The lowest BCUT2D eigenvalue weighted by Crippen LogP contribution is -2.46. The fraction of sp³-hybridized carbons (Fsp3) is 1.00. The third-order valence-corrected chi connectivity index (χ3v) is 44.6. The van der Waals surface area contributed by atoms with Gasteiger partial charge in [-0.15, -0.1) is 0 Å². The molecule has 27 heteroatoms. The quantitative estimate of drug-likeness (QED) is 0.0327. The average molecular weight is 1420 g/mol. The summed E-state index contributed by atoms with van der Waals surface area (Å²) in [5.41, 5.74) is 0. The van der Waals surface area contributed by atoms with Crippen LogP contribution in [0.5, 0.6) is 0 Å². The normalized spacial score (nSPS) is 20.4. The Hall–Kier alpha value is 4.24. The van der Waals surface area contributed by atoms with Crippen LogP contribution in [0.25, 0.3) is 0 Å². The van der Waals surface area contributed by atoms with Crippen LogP contribution in [0.2, 0.25) is 24.2 Å². The van der Waals surface area contributed by atoms with Gasteiger partial charge in [0.05, 0.1) is 0 Å². The van der Waals surface area contributed by atoms with Gasteiger partial charge >= 0.3 is 35.2 Å². The summed E-state index contributed by atoms with van der Waals surface area (Å²) in [5.74, 6) is 11.6. The van der Waals surface area contributed by atoms with Gasteiger partial charge in [0.25, 0.3) is 0 Å². The van der Waals surface area contributed by atoms with Gasteiger partial charge in [-0.1, -0.05) is 77.6 Å². The molecular formula is C54H114O12S11Si4. The molecule has 12 nitrogen and oxygen atoms in total. The third kappa shape index (κ3) is 35.7. The molecule has 0 spiro atoms. The molecule has 2 saturated carbocycles. The fourth-order valence-electron chi connectivity index (χ4n) is 11.4. The van der Waals surface area contributed by atoms with Gasteiger partial charge in [-0.05, 0) is 245 Å². The highest BCUT2D eigenvalue weighted by molar-refractivity contribution is 9.26. The van der Waals surface area contributed by atoms with Gasteiger partial charge in [-0.25, -0.2) is 0 Å². The van der Waals surface area contributed by atoms with Crippen molar-refractivity contribution in [2.45, 2.75) is 197 Å². The zero-order chi connectivity index (χ0) is 59.2. The lowest BCUT2D eigenvalue weighted by atomic mass is 9.71. The van der Waals surface area contributed by atoms with Crippen molar-refractivity contribution in [2.75, 3.05) is 114 Å². The zero-order valence-electron chi connectivity index (χ0n) is 52.3. The molecule has 81 heavy (non-hydrogen) atoms. The molecule has 2 aliphatic rings. The second-order valence-electron chi connectivity index (χ2n) is 20.0. The molecule has 6 unspecified atom stereocenters. The van der Waals surface area contributed by atoms with Crippen molar-refractivity contribution in [1.29, 1.82) is 0 Å². The maximum atomic E-state index is 6.30.